The first-order valence-corrected chi connectivity index (χ1v) is 8.92. The zero-order valence-electron chi connectivity index (χ0n) is 16.0. The van der Waals surface area contributed by atoms with Crippen molar-refractivity contribution >= 4 is 11.5 Å². The number of carbonyl (C=O) groups is 1. The SMILES string of the molecule is CN(C)C(O)(O)CC=C1c2cc(CC(=O)O)ccc2OC(O)(O)c2ccccc21. The third kappa shape index (κ3) is 4.31. The Morgan fingerprint density at radius 3 is 2.48 bits per heavy atom. The van der Waals surface area contributed by atoms with Crippen LogP contribution < -0.4 is 4.74 Å². The molecule has 2 aromatic carbocycles. The van der Waals surface area contributed by atoms with Crippen LogP contribution in [0.2, 0.25) is 0 Å². The Hall–Kier alpha value is -2.75. The van der Waals surface area contributed by atoms with Gasteiger partial charge in [0.2, 0.25) is 5.91 Å². The molecule has 3 rings (SSSR count). The van der Waals surface area contributed by atoms with Gasteiger partial charge in [0.05, 0.1) is 12.0 Å². The minimum absolute atomic E-state index is 0.0774. The molecule has 0 aromatic heterocycles. The van der Waals surface area contributed by atoms with Gasteiger partial charge in [0.1, 0.15) is 5.75 Å². The molecule has 8 nitrogen and oxygen atoms in total. The Balaban J connectivity index is 2.23. The second-order valence-corrected chi connectivity index (χ2v) is 7.15. The molecule has 1 aliphatic heterocycles. The van der Waals surface area contributed by atoms with Gasteiger partial charge in [-0.3, -0.25) is 9.69 Å². The van der Waals surface area contributed by atoms with E-state index in [-0.39, 0.29) is 24.2 Å². The Bertz CT molecular complexity index is 963. The summed E-state index contributed by atoms with van der Waals surface area (Å²) in [5.41, 5.74) is 1.85. The lowest BCUT2D eigenvalue weighted by molar-refractivity contribution is -0.303. The van der Waals surface area contributed by atoms with Gasteiger partial charge in [0.15, 0.2) is 0 Å². The van der Waals surface area contributed by atoms with Gasteiger partial charge in [-0.1, -0.05) is 30.3 Å². The fraction of sp³-hybridized carbons (Fsp3) is 0.286. The van der Waals surface area contributed by atoms with Crippen molar-refractivity contribution in [3.63, 3.8) is 0 Å². The normalized spacial score (nSPS) is 16.7. The molecule has 0 fully saturated rings. The summed E-state index contributed by atoms with van der Waals surface area (Å²) in [4.78, 5) is 12.4. The number of carboxylic acids is 1. The van der Waals surface area contributed by atoms with Crippen LogP contribution >= 0.6 is 0 Å². The van der Waals surface area contributed by atoms with E-state index in [4.69, 9.17) is 9.84 Å². The smallest absolute Gasteiger partial charge is 0.351 e. The largest absolute Gasteiger partial charge is 0.481 e. The highest BCUT2D eigenvalue weighted by Crippen LogP contribution is 2.42. The predicted molar refractivity (Wildman–Crippen MR) is 104 cm³/mol. The van der Waals surface area contributed by atoms with E-state index in [2.05, 4.69) is 0 Å². The van der Waals surface area contributed by atoms with Crippen LogP contribution in [0.5, 0.6) is 5.75 Å². The summed E-state index contributed by atoms with van der Waals surface area (Å²) in [6.45, 7) is 0. The third-order valence-electron chi connectivity index (χ3n) is 4.81. The maximum atomic E-state index is 11.1. The number of nitrogens with zero attached hydrogens (tertiary/aromatic N) is 1. The summed E-state index contributed by atoms with van der Waals surface area (Å²) >= 11 is 0. The van der Waals surface area contributed by atoms with E-state index < -0.39 is 17.9 Å². The highest BCUT2D eigenvalue weighted by Gasteiger charge is 2.37. The van der Waals surface area contributed by atoms with Gasteiger partial charge in [-0.15, -0.1) is 0 Å². The van der Waals surface area contributed by atoms with Crippen LogP contribution in [-0.4, -0.2) is 56.4 Å². The third-order valence-corrected chi connectivity index (χ3v) is 4.81. The van der Waals surface area contributed by atoms with Crippen LogP contribution in [0.1, 0.15) is 28.7 Å². The van der Waals surface area contributed by atoms with Gasteiger partial charge in [0, 0.05) is 12.0 Å². The Labute approximate surface area is 167 Å². The van der Waals surface area contributed by atoms with Crippen molar-refractivity contribution in [1.29, 1.82) is 0 Å². The lowest BCUT2D eigenvalue weighted by Crippen LogP contribution is -2.43. The number of aliphatic hydroxyl groups is 4. The molecule has 5 N–H and O–H groups in total. The molecule has 0 aliphatic carbocycles. The maximum Gasteiger partial charge on any atom is 0.351 e. The molecule has 29 heavy (non-hydrogen) atoms. The number of fused-ring (bicyclic) bond motifs is 2. The van der Waals surface area contributed by atoms with E-state index >= 15 is 0 Å². The van der Waals surface area contributed by atoms with Crippen molar-refractivity contribution in [2.75, 3.05) is 14.1 Å². The molecule has 0 amide bonds. The van der Waals surface area contributed by atoms with Crippen molar-refractivity contribution in [2.45, 2.75) is 24.7 Å². The molecule has 0 unspecified atom stereocenters. The molecule has 1 aliphatic rings. The van der Waals surface area contributed by atoms with Gasteiger partial charge in [-0.25, -0.2) is 0 Å². The van der Waals surface area contributed by atoms with E-state index in [0.29, 0.717) is 22.3 Å². The van der Waals surface area contributed by atoms with Crippen LogP contribution in [-0.2, 0) is 17.2 Å². The zero-order chi connectivity index (χ0) is 21.4. The van der Waals surface area contributed by atoms with Crippen LogP contribution in [0.25, 0.3) is 5.57 Å². The highest BCUT2D eigenvalue weighted by molar-refractivity contribution is 5.86. The van der Waals surface area contributed by atoms with Crippen molar-refractivity contribution in [1.82, 2.24) is 4.90 Å². The fourth-order valence-electron chi connectivity index (χ4n) is 3.16. The number of hydrogen-bond donors (Lipinski definition) is 5. The number of benzene rings is 2. The lowest BCUT2D eigenvalue weighted by Gasteiger charge is -2.28. The van der Waals surface area contributed by atoms with E-state index in [1.54, 1.807) is 30.3 Å². The Morgan fingerprint density at radius 1 is 1.14 bits per heavy atom. The van der Waals surface area contributed by atoms with E-state index in [1.807, 2.05) is 0 Å². The monoisotopic (exact) mass is 401 g/mol. The second-order valence-electron chi connectivity index (χ2n) is 7.15. The molecule has 0 saturated carbocycles. The first kappa shape index (κ1) is 21.0. The van der Waals surface area contributed by atoms with Crippen molar-refractivity contribution < 1.29 is 35.1 Å². The van der Waals surface area contributed by atoms with Gasteiger partial charge >= 0.3 is 11.9 Å². The van der Waals surface area contributed by atoms with Crippen LogP contribution in [0.4, 0.5) is 0 Å². The zero-order valence-corrected chi connectivity index (χ0v) is 16.0. The van der Waals surface area contributed by atoms with E-state index in [1.165, 1.54) is 37.2 Å². The van der Waals surface area contributed by atoms with Gasteiger partial charge in [-0.05, 0) is 49.0 Å². The standard InChI is InChI=1S/C21H23NO7/c1-22(2)20(25,26)10-9-14-15-5-3-4-6-17(15)21(27,28)29-18-8-7-13(11-16(14)18)12-19(23)24/h3-9,11,25-28H,10,12H2,1-2H3,(H,23,24). The van der Waals surface area contributed by atoms with E-state index in [9.17, 15) is 25.2 Å². The molecule has 1 heterocycles. The van der Waals surface area contributed by atoms with Crippen LogP contribution in [0.3, 0.4) is 0 Å². The van der Waals surface area contributed by atoms with Crippen molar-refractivity contribution in [3.05, 3.63) is 70.8 Å². The first-order chi connectivity index (χ1) is 13.5. The van der Waals surface area contributed by atoms with Crippen molar-refractivity contribution in [3.8, 4) is 5.75 Å². The number of aliphatic carboxylic acids is 1. The molecule has 2 aromatic rings. The summed E-state index contributed by atoms with van der Waals surface area (Å²) in [6, 6.07) is 11.0. The van der Waals surface area contributed by atoms with Gasteiger partial charge in [-0.2, -0.15) is 0 Å². The lowest BCUT2D eigenvalue weighted by atomic mass is 9.91. The summed E-state index contributed by atoms with van der Waals surface area (Å²) in [5.74, 6) is -5.64. The average Bonchev–Trinajstić information content (AvgIpc) is 2.72. The van der Waals surface area contributed by atoms with Crippen molar-refractivity contribution in [2.24, 2.45) is 0 Å². The molecule has 0 saturated heterocycles. The first-order valence-electron chi connectivity index (χ1n) is 8.92. The topological polar surface area (TPSA) is 131 Å². The van der Waals surface area contributed by atoms with Gasteiger partial charge < -0.3 is 30.3 Å². The second kappa shape index (κ2) is 7.58. The number of hydrogen-bond acceptors (Lipinski definition) is 7. The molecular formula is C21H23NO7. The van der Waals surface area contributed by atoms with E-state index in [0.717, 1.165) is 0 Å². The highest BCUT2D eigenvalue weighted by atomic mass is 16.8. The Kier molecular flexibility index (Phi) is 5.48. The summed E-state index contributed by atoms with van der Waals surface area (Å²) < 4.78 is 5.43. The Morgan fingerprint density at radius 2 is 1.83 bits per heavy atom. The number of ether oxygens (including phenoxy) is 1. The summed E-state index contributed by atoms with van der Waals surface area (Å²) in [7, 11) is 3.02. The fourth-order valence-corrected chi connectivity index (χ4v) is 3.16. The maximum absolute atomic E-state index is 11.1. The summed E-state index contributed by atoms with van der Waals surface area (Å²) in [5, 5.41) is 50.5. The summed E-state index contributed by atoms with van der Waals surface area (Å²) in [6.07, 6.45) is 1.12. The minimum atomic E-state index is -2.62. The van der Waals surface area contributed by atoms with Gasteiger partial charge in [0.25, 0.3) is 0 Å². The number of carboxylic acid groups (broad SMARTS) is 1. The quantitative estimate of drug-likeness (QED) is 0.466. The average molecular weight is 401 g/mol. The molecule has 0 spiro atoms. The predicted octanol–water partition coefficient (Wildman–Crippen LogP) is 0.823. The molecule has 154 valence electrons. The molecule has 0 bridgehead atoms. The van der Waals surface area contributed by atoms with Crippen LogP contribution in [0, 0.1) is 0 Å². The molecule has 8 heteroatoms. The molecule has 0 atom stereocenters. The van der Waals surface area contributed by atoms with Crippen LogP contribution in [0.15, 0.2) is 48.5 Å². The molecule has 0 radical (unpaired) electrons. The minimum Gasteiger partial charge on any atom is -0.481 e. The number of rotatable bonds is 5. The molecular weight excluding hydrogens is 378 g/mol.